The van der Waals surface area contributed by atoms with E-state index in [9.17, 15) is 9.59 Å². The number of Topliss-reactive ketones (excluding diaryl/α,β-unsaturated/α-hetero) is 1. The van der Waals surface area contributed by atoms with Crippen LogP contribution in [0.25, 0.3) is 20.1 Å². The smallest absolute Gasteiger partial charge is 0.349 e. The van der Waals surface area contributed by atoms with Crippen LogP contribution >= 0.6 is 22.7 Å². The van der Waals surface area contributed by atoms with Crippen molar-refractivity contribution in [3.63, 3.8) is 0 Å². The van der Waals surface area contributed by atoms with Crippen molar-refractivity contribution >= 4 is 44.6 Å². The third kappa shape index (κ3) is 2.99. The number of hydrogen-bond donors (Lipinski definition) is 0. The van der Waals surface area contributed by atoms with E-state index in [1.54, 1.807) is 17.4 Å². The van der Waals surface area contributed by atoms with Gasteiger partial charge < -0.3 is 4.74 Å². The maximum Gasteiger partial charge on any atom is 0.349 e. The molecule has 1 aliphatic carbocycles. The lowest BCUT2D eigenvalue weighted by Crippen LogP contribution is -2.29. The van der Waals surface area contributed by atoms with Gasteiger partial charge in [-0.1, -0.05) is 12.1 Å². The van der Waals surface area contributed by atoms with Gasteiger partial charge in [0.1, 0.15) is 9.88 Å². The molecule has 1 aliphatic rings. The fourth-order valence-electron chi connectivity index (χ4n) is 2.80. The number of esters is 1. The van der Waals surface area contributed by atoms with Crippen LogP contribution in [0.5, 0.6) is 0 Å². The minimum Gasteiger partial charge on any atom is -0.450 e. The number of aromatic nitrogens is 1. The molecule has 2 aromatic heterocycles. The van der Waals surface area contributed by atoms with Crippen LogP contribution < -0.4 is 0 Å². The van der Waals surface area contributed by atoms with Crippen molar-refractivity contribution in [1.29, 1.82) is 0 Å². The Kier molecular flexibility index (Phi) is 4.16. The fraction of sp³-hybridized carbons (Fsp3) is 0.278. The Morgan fingerprint density at radius 3 is 2.83 bits per heavy atom. The van der Waals surface area contributed by atoms with Crippen LogP contribution in [-0.2, 0) is 9.53 Å². The number of ketones is 1. The van der Waals surface area contributed by atoms with E-state index in [-0.39, 0.29) is 5.78 Å². The highest BCUT2D eigenvalue weighted by Gasteiger charge is 2.27. The number of hydrogen-bond acceptors (Lipinski definition) is 6. The number of benzene rings is 1. The lowest BCUT2D eigenvalue weighted by Gasteiger charge is -2.20. The Balaban J connectivity index is 1.53. The predicted octanol–water partition coefficient (Wildman–Crippen LogP) is 4.69. The summed E-state index contributed by atoms with van der Waals surface area (Å²) < 4.78 is 6.53. The number of nitrogens with zero attached hydrogens (tertiary/aromatic N) is 1. The second-order valence-corrected chi connectivity index (χ2v) is 7.87. The zero-order valence-electron chi connectivity index (χ0n) is 12.9. The van der Waals surface area contributed by atoms with E-state index >= 15 is 0 Å². The Hall–Kier alpha value is -2.05. The van der Waals surface area contributed by atoms with Gasteiger partial charge in [0.05, 0.1) is 15.1 Å². The summed E-state index contributed by atoms with van der Waals surface area (Å²) in [7, 11) is 0. The van der Waals surface area contributed by atoms with Gasteiger partial charge in [0, 0.05) is 6.42 Å². The lowest BCUT2D eigenvalue weighted by molar-refractivity contribution is -0.129. The molecule has 0 radical (unpaired) electrons. The number of fused-ring (bicyclic) bond motifs is 1. The van der Waals surface area contributed by atoms with E-state index in [0.717, 1.165) is 32.9 Å². The summed E-state index contributed by atoms with van der Waals surface area (Å²) in [5, 5.41) is 0.897. The maximum absolute atomic E-state index is 12.3. The number of rotatable bonds is 3. The number of thiazole rings is 1. The molecule has 4 rings (SSSR count). The maximum atomic E-state index is 12.3. The molecule has 1 fully saturated rings. The number of carbonyl (C=O) groups excluding carboxylic acids is 2. The van der Waals surface area contributed by atoms with Gasteiger partial charge in [-0.2, -0.15) is 0 Å². The quantitative estimate of drug-likeness (QED) is 0.638. The van der Waals surface area contributed by atoms with E-state index in [1.807, 2.05) is 30.3 Å². The van der Waals surface area contributed by atoms with Crippen molar-refractivity contribution in [3.8, 4) is 9.88 Å². The Morgan fingerprint density at radius 1 is 1.12 bits per heavy atom. The van der Waals surface area contributed by atoms with Crippen molar-refractivity contribution in [2.24, 2.45) is 0 Å². The molecule has 24 heavy (non-hydrogen) atoms. The fourth-order valence-corrected chi connectivity index (χ4v) is 4.71. The SMILES string of the molecule is O=C(OC1CCCCC1=O)c1ccc(-c2nc3ccccc3s2)s1. The monoisotopic (exact) mass is 357 g/mol. The van der Waals surface area contributed by atoms with Gasteiger partial charge in [0.15, 0.2) is 11.9 Å². The number of para-hydroxylation sites is 1. The molecular weight excluding hydrogens is 342 g/mol. The Bertz CT molecular complexity index is 879. The molecule has 2 heterocycles. The summed E-state index contributed by atoms with van der Waals surface area (Å²) in [5.41, 5.74) is 0.961. The van der Waals surface area contributed by atoms with Crippen molar-refractivity contribution in [3.05, 3.63) is 41.3 Å². The van der Waals surface area contributed by atoms with Crippen LogP contribution in [0, 0.1) is 0 Å². The highest BCUT2D eigenvalue weighted by atomic mass is 32.1. The molecular formula is C18H15NO3S2. The van der Waals surface area contributed by atoms with Crippen LogP contribution in [0.4, 0.5) is 0 Å². The summed E-state index contributed by atoms with van der Waals surface area (Å²) in [6, 6.07) is 11.6. The zero-order chi connectivity index (χ0) is 16.5. The first kappa shape index (κ1) is 15.5. The normalized spacial score (nSPS) is 18.0. The Morgan fingerprint density at radius 2 is 2.00 bits per heavy atom. The third-order valence-corrected chi connectivity index (χ3v) is 6.33. The van der Waals surface area contributed by atoms with Crippen molar-refractivity contribution in [1.82, 2.24) is 4.98 Å². The first-order chi connectivity index (χ1) is 11.7. The molecule has 0 amide bonds. The highest BCUT2D eigenvalue weighted by Crippen LogP contribution is 2.34. The zero-order valence-corrected chi connectivity index (χ0v) is 14.5. The first-order valence-electron chi connectivity index (χ1n) is 7.90. The molecule has 0 spiro atoms. The first-order valence-corrected chi connectivity index (χ1v) is 9.53. The van der Waals surface area contributed by atoms with Gasteiger partial charge in [-0.05, 0) is 43.5 Å². The second-order valence-electron chi connectivity index (χ2n) is 5.76. The molecule has 1 saturated carbocycles. The summed E-state index contributed by atoms with van der Waals surface area (Å²) >= 11 is 2.97. The van der Waals surface area contributed by atoms with Gasteiger partial charge in [0.25, 0.3) is 0 Å². The summed E-state index contributed by atoms with van der Waals surface area (Å²) in [6.45, 7) is 0. The van der Waals surface area contributed by atoms with Gasteiger partial charge in [-0.3, -0.25) is 4.79 Å². The van der Waals surface area contributed by atoms with Gasteiger partial charge >= 0.3 is 5.97 Å². The van der Waals surface area contributed by atoms with Crippen LogP contribution in [0.1, 0.15) is 35.4 Å². The van der Waals surface area contributed by atoms with Crippen LogP contribution in [0.2, 0.25) is 0 Å². The van der Waals surface area contributed by atoms with Gasteiger partial charge in [0.2, 0.25) is 0 Å². The minimum absolute atomic E-state index is 0.0394. The van der Waals surface area contributed by atoms with Crippen molar-refractivity contribution in [2.45, 2.75) is 31.8 Å². The molecule has 122 valence electrons. The van der Waals surface area contributed by atoms with E-state index < -0.39 is 12.1 Å². The molecule has 0 aliphatic heterocycles. The average molecular weight is 357 g/mol. The molecule has 0 saturated heterocycles. The standard InChI is InChI=1S/C18H15NO3S2/c20-12-6-2-3-7-13(12)22-18(21)16-10-9-15(23-16)17-19-11-5-1-4-8-14(11)24-17/h1,4-5,8-10,13H,2-3,6-7H2. The molecule has 4 nitrogen and oxygen atoms in total. The predicted molar refractivity (Wildman–Crippen MR) is 95.6 cm³/mol. The number of ether oxygens (including phenoxy) is 1. The number of thiophene rings is 1. The molecule has 6 heteroatoms. The van der Waals surface area contributed by atoms with Gasteiger partial charge in [-0.25, -0.2) is 9.78 Å². The highest BCUT2D eigenvalue weighted by molar-refractivity contribution is 7.26. The van der Waals surface area contributed by atoms with E-state index in [0.29, 0.717) is 17.7 Å². The Labute approximate surface area is 147 Å². The van der Waals surface area contributed by atoms with E-state index in [1.165, 1.54) is 11.3 Å². The van der Waals surface area contributed by atoms with E-state index in [2.05, 4.69) is 4.98 Å². The average Bonchev–Trinajstić information content (AvgIpc) is 3.23. The van der Waals surface area contributed by atoms with Crippen LogP contribution in [0.3, 0.4) is 0 Å². The third-order valence-electron chi connectivity index (χ3n) is 4.06. The molecule has 1 unspecified atom stereocenters. The van der Waals surface area contributed by atoms with Crippen molar-refractivity contribution < 1.29 is 14.3 Å². The second kappa shape index (κ2) is 6.45. The summed E-state index contributed by atoms with van der Waals surface area (Å²) in [4.78, 5) is 30.2. The summed E-state index contributed by atoms with van der Waals surface area (Å²) in [6.07, 6.45) is 2.41. The van der Waals surface area contributed by atoms with Crippen LogP contribution in [-0.4, -0.2) is 22.8 Å². The van der Waals surface area contributed by atoms with E-state index in [4.69, 9.17) is 4.74 Å². The summed E-state index contributed by atoms with van der Waals surface area (Å²) in [5.74, 6) is -0.370. The molecule has 1 atom stereocenters. The van der Waals surface area contributed by atoms with Crippen LogP contribution in [0.15, 0.2) is 36.4 Å². The topological polar surface area (TPSA) is 56.3 Å². The largest absolute Gasteiger partial charge is 0.450 e. The lowest BCUT2D eigenvalue weighted by atomic mass is 9.96. The van der Waals surface area contributed by atoms with Gasteiger partial charge in [-0.15, -0.1) is 22.7 Å². The molecule has 3 aromatic rings. The number of carbonyl (C=O) groups is 2. The minimum atomic E-state index is -0.570. The van der Waals surface area contributed by atoms with Crippen molar-refractivity contribution in [2.75, 3.05) is 0 Å². The molecule has 0 N–H and O–H groups in total. The molecule has 0 bridgehead atoms. The molecule has 1 aromatic carbocycles.